The Labute approximate surface area is 402 Å². The molecule has 370 valence electrons. The summed E-state index contributed by atoms with van der Waals surface area (Å²) < 4.78 is 13.1. The summed E-state index contributed by atoms with van der Waals surface area (Å²) in [6, 6.07) is 15.5. The van der Waals surface area contributed by atoms with E-state index in [4.69, 9.17) is 14.3 Å². The smallest absolute Gasteiger partial charge is 0.245 e. The number of hydroxylamine groups is 2. The lowest BCUT2D eigenvalue weighted by atomic mass is 9.79. The molecule has 0 saturated carbocycles. The first-order valence-corrected chi connectivity index (χ1v) is 26.5. The lowest BCUT2D eigenvalue weighted by molar-refractivity contribution is -0.199. The fraction of sp³-hybridized carbons (Fsp3) is 0.745. The van der Waals surface area contributed by atoms with Crippen LogP contribution in [0.2, 0.25) is 0 Å². The van der Waals surface area contributed by atoms with E-state index in [0.29, 0.717) is 0 Å². The van der Waals surface area contributed by atoms with E-state index in [0.717, 1.165) is 55.1 Å². The number of hydrogen-bond acceptors (Lipinski definition) is 12. The summed E-state index contributed by atoms with van der Waals surface area (Å²) in [5.41, 5.74) is -0.159. The molecule has 3 N–H and O–H groups in total. The van der Waals surface area contributed by atoms with Crippen LogP contribution in [0.4, 0.5) is 0 Å². The fourth-order valence-electron chi connectivity index (χ4n) is 10.2. The minimum absolute atomic E-state index is 0.0495. The van der Waals surface area contributed by atoms with Crippen LogP contribution in [0.1, 0.15) is 120 Å². The van der Waals surface area contributed by atoms with Gasteiger partial charge in [0.25, 0.3) is 0 Å². The molecule has 2 aromatic rings. The normalized spacial score (nSPS) is 20.9. The summed E-state index contributed by atoms with van der Waals surface area (Å²) in [5, 5.41) is 13.1. The summed E-state index contributed by atoms with van der Waals surface area (Å²) in [6.45, 7) is 27.7. The standard InChI is InChI=1S/C51H89N7O5S2/c1-18-36(6)46(57(15)49(60)45(35(4)5)54-48(59)44(52-13)34(2)3)37(7)33-50(11,61-16)58-30-24-27-42(58)38(8)39(9)51(12,62-17)55-40(10)47(41-25-20-19-21-26-41)63-56(14)31-32-64-65-43-28-22-23-29-53-43/h19-23,25-26,28-29,34-40,42,44-47,52,55H,18,24,27,30-33H2,1-17H3,(H,54,59)/t36-,37+,38+,39+,40+,42-,44-,45-,46-,47-,50?,51?/m0/s1. The summed E-state index contributed by atoms with van der Waals surface area (Å²) >= 11 is 0. The van der Waals surface area contributed by atoms with Crippen LogP contribution in [0.3, 0.4) is 0 Å². The van der Waals surface area contributed by atoms with Gasteiger partial charge in [0.1, 0.15) is 28.6 Å². The molecule has 1 aromatic carbocycles. The van der Waals surface area contributed by atoms with Gasteiger partial charge in [-0.25, -0.2) is 4.98 Å². The van der Waals surface area contributed by atoms with Crippen molar-refractivity contribution in [2.45, 2.75) is 162 Å². The van der Waals surface area contributed by atoms with Crippen molar-refractivity contribution in [1.29, 1.82) is 0 Å². The third-order valence-electron chi connectivity index (χ3n) is 14.5. The van der Waals surface area contributed by atoms with Gasteiger partial charge in [0.15, 0.2) is 0 Å². The van der Waals surface area contributed by atoms with Gasteiger partial charge in [-0.2, -0.15) is 5.06 Å². The Balaban J connectivity index is 1.80. The molecule has 0 radical (unpaired) electrons. The van der Waals surface area contributed by atoms with Gasteiger partial charge in [-0.05, 0) is 105 Å². The number of ether oxygens (including phenoxy) is 2. The first-order chi connectivity index (χ1) is 30.7. The highest BCUT2D eigenvalue weighted by Gasteiger charge is 2.48. The van der Waals surface area contributed by atoms with Crippen LogP contribution in [0.25, 0.3) is 0 Å². The number of methoxy groups -OCH3 is 2. The first kappa shape index (κ1) is 57.1. The van der Waals surface area contributed by atoms with E-state index in [2.05, 4.69) is 105 Å². The van der Waals surface area contributed by atoms with Crippen molar-refractivity contribution in [1.82, 2.24) is 35.8 Å². The second-order valence-electron chi connectivity index (χ2n) is 19.8. The summed E-state index contributed by atoms with van der Waals surface area (Å²) in [7, 11) is 12.8. The van der Waals surface area contributed by atoms with Gasteiger partial charge in [-0.3, -0.25) is 24.6 Å². The Morgan fingerprint density at radius 2 is 1.55 bits per heavy atom. The van der Waals surface area contributed by atoms with E-state index in [9.17, 15) is 9.59 Å². The average Bonchev–Trinajstić information content (AvgIpc) is 3.80. The molecule has 0 aliphatic carbocycles. The maximum absolute atomic E-state index is 14.5. The van der Waals surface area contributed by atoms with Crippen molar-refractivity contribution in [3.8, 4) is 0 Å². The van der Waals surface area contributed by atoms with Crippen molar-refractivity contribution < 1.29 is 23.9 Å². The van der Waals surface area contributed by atoms with E-state index in [1.54, 1.807) is 28.6 Å². The zero-order chi connectivity index (χ0) is 48.6. The molecule has 1 aliphatic heterocycles. The minimum atomic E-state index is -0.677. The van der Waals surface area contributed by atoms with E-state index in [1.165, 1.54) is 0 Å². The molecule has 14 heteroatoms. The number of benzene rings is 1. The van der Waals surface area contributed by atoms with Gasteiger partial charge in [0.05, 0.1) is 6.04 Å². The summed E-state index contributed by atoms with van der Waals surface area (Å²) in [5.74, 6) is 1.36. The third kappa shape index (κ3) is 15.6. The zero-order valence-electron chi connectivity index (χ0n) is 43.2. The van der Waals surface area contributed by atoms with Crippen LogP contribution in [-0.2, 0) is 23.9 Å². The number of aromatic nitrogens is 1. The third-order valence-corrected chi connectivity index (χ3v) is 16.7. The fourth-order valence-corrected chi connectivity index (χ4v) is 12.1. The summed E-state index contributed by atoms with van der Waals surface area (Å²) in [4.78, 5) is 43.6. The Bertz CT molecular complexity index is 1680. The number of nitrogens with one attached hydrogen (secondary N) is 3. The van der Waals surface area contributed by atoms with Crippen molar-refractivity contribution in [3.63, 3.8) is 0 Å². The molecule has 12 atom stereocenters. The monoisotopic (exact) mass is 944 g/mol. The largest absolute Gasteiger partial charge is 0.364 e. The molecule has 2 heterocycles. The molecule has 65 heavy (non-hydrogen) atoms. The first-order valence-electron chi connectivity index (χ1n) is 24.2. The number of nitrogens with zero attached hydrogens (tertiary/aromatic N) is 4. The Kier molecular flexibility index (Phi) is 23.7. The van der Waals surface area contributed by atoms with Gasteiger partial charge < -0.3 is 25.0 Å². The molecule has 3 rings (SSSR count). The molecule has 0 bridgehead atoms. The van der Waals surface area contributed by atoms with Gasteiger partial charge in [-0.15, -0.1) is 0 Å². The highest BCUT2D eigenvalue weighted by Crippen LogP contribution is 2.42. The molecule has 0 spiro atoms. The Morgan fingerprint density at radius 1 is 0.908 bits per heavy atom. The average molecular weight is 944 g/mol. The van der Waals surface area contributed by atoms with E-state index in [-0.39, 0.29) is 77.6 Å². The minimum Gasteiger partial charge on any atom is -0.364 e. The number of hydrogen-bond donors (Lipinski definition) is 3. The molecule has 2 unspecified atom stereocenters. The van der Waals surface area contributed by atoms with E-state index >= 15 is 0 Å². The molecule has 1 aromatic heterocycles. The van der Waals surface area contributed by atoms with Crippen LogP contribution >= 0.6 is 21.6 Å². The second-order valence-corrected chi connectivity index (χ2v) is 22.2. The van der Waals surface area contributed by atoms with Crippen molar-refractivity contribution >= 4 is 33.4 Å². The predicted molar refractivity (Wildman–Crippen MR) is 271 cm³/mol. The van der Waals surface area contributed by atoms with Crippen LogP contribution in [0.15, 0.2) is 59.8 Å². The maximum Gasteiger partial charge on any atom is 0.245 e. The lowest BCUT2D eigenvalue weighted by Gasteiger charge is -2.49. The molecule has 12 nitrogen and oxygen atoms in total. The van der Waals surface area contributed by atoms with Crippen molar-refractivity contribution in [3.05, 3.63) is 60.3 Å². The van der Waals surface area contributed by atoms with E-state index in [1.807, 2.05) is 96.4 Å². The number of likely N-dealkylation sites (N-methyl/N-ethyl adjacent to an activating group) is 2. The number of amides is 2. The highest BCUT2D eigenvalue weighted by atomic mass is 33.1. The highest BCUT2D eigenvalue weighted by molar-refractivity contribution is 8.76. The number of pyridine rings is 1. The van der Waals surface area contributed by atoms with Crippen LogP contribution < -0.4 is 16.0 Å². The molecule has 1 aliphatic rings. The van der Waals surface area contributed by atoms with Crippen molar-refractivity contribution in [2.24, 2.45) is 35.5 Å². The van der Waals surface area contributed by atoms with Crippen LogP contribution in [0.5, 0.6) is 0 Å². The molecule has 2 amide bonds. The topological polar surface area (TPSA) is 121 Å². The Hall–Kier alpha value is -2.27. The maximum atomic E-state index is 14.5. The van der Waals surface area contributed by atoms with Gasteiger partial charge >= 0.3 is 0 Å². The predicted octanol–water partition coefficient (Wildman–Crippen LogP) is 9.15. The van der Waals surface area contributed by atoms with E-state index < -0.39 is 17.5 Å². The number of rotatable bonds is 29. The van der Waals surface area contributed by atoms with Gasteiger partial charge in [0.2, 0.25) is 11.8 Å². The zero-order valence-corrected chi connectivity index (χ0v) is 44.9. The molecular formula is C51H89N7O5S2. The van der Waals surface area contributed by atoms with Crippen LogP contribution in [-0.4, -0.2) is 128 Å². The molecule has 1 saturated heterocycles. The van der Waals surface area contributed by atoms with Crippen molar-refractivity contribution in [2.75, 3.05) is 54.2 Å². The van der Waals surface area contributed by atoms with Gasteiger partial charge in [-0.1, -0.05) is 116 Å². The number of carbonyl (C=O) groups is 2. The lowest BCUT2D eigenvalue weighted by Crippen LogP contribution is -2.61. The SMILES string of the molecule is CC[C@H](C)[C@@H]([C@H](C)CC(C)(OC)N1CCC[C@H]1[C@H](C)[C@@H](C)C(C)(N[C@H](C)[C@H](ON(C)CCSSc1ccccn1)c1ccccc1)OC)N(C)C(=O)[C@@H](NC(=O)[C@@H](NC)C(C)C)C(C)C. The number of carbonyl (C=O) groups excluding carboxylic acids is 2. The number of likely N-dealkylation sites (tertiary alicyclic amines) is 1. The Morgan fingerprint density at radius 3 is 2.11 bits per heavy atom. The molecular weight excluding hydrogens is 855 g/mol. The van der Waals surface area contributed by atoms with Gasteiger partial charge in [0, 0.05) is 77.4 Å². The van der Waals surface area contributed by atoms with Crippen LogP contribution in [0, 0.1) is 35.5 Å². The summed E-state index contributed by atoms with van der Waals surface area (Å²) in [6.07, 6.45) is 5.36. The quantitative estimate of drug-likeness (QED) is 0.0312. The second kappa shape index (κ2) is 27.1. The molecule has 1 fully saturated rings.